The van der Waals surface area contributed by atoms with Crippen molar-refractivity contribution >= 4 is 15.7 Å². The summed E-state index contributed by atoms with van der Waals surface area (Å²) in [5, 5.41) is 8.40. The lowest BCUT2D eigenvalue weighted by atomic mass is 9.98. The average Bonchev–Trinajstić information content (AvgIpc) is 2.49. The summed E-state index contributed by atoms with van der Waals surface area (Å²) < 4.78 is 29.5. The van der Waals surface area contributed by atoms with Crippen LogP contribution in [0.15, 0.2) is 24.3 Å². The number of carbonyl (C=O) groups is 1. The molecule has 2 rings (SSSR count). The van der Waals surface area contributed by atoms with Crippen LogP contribution in [0.2, 0.25) is 0 Å². The topological polar surface area (TPSA) is 83.9 Å². The van der Waals surface area contributed by atoms with E-state index in [4.69, 9.17) is 4.74 Å². The van der Waals surface area contributed by atoms with Gasteiger partial charge in [-0.05, 0) is 38.5 Å². The lowest BCUT2D eigenvalue weighted by molar-refractivity contribution is -0.154. The van der Waals surface area contributed by atoms with Gasteiger partial charge in [0, 0.05) is 6.54 Å². The molecule has 2 unspecified atom stereocenters. The number of benzene rings is 1. The normalized spacial score (nSPS) is 22.0. The van der Waals surface area contributed by atoms with Gasteiger partial charge >= 0.3 is 0 Å². The first kappa shape index (κ1) is 17.7. The molecule has 0 radical (unpaired) electrons. The van der Waals surface area contributed by atoms with Crippen molar-refractivity contribution < 1.29 is 23.1 Å². The Morgan fingerprint density at radius 3 is 2.22 bits per heavy atom. The molecule has 1 fully saturated rings. The first-order valence-corrected chi connectivity index (χ1v) is 8.96. The molecule has 1 amide bonds. The lowest BCUT2D eigenvalue weighted by Crippen LogP contribution is -2.67. The predicted molar refractivity (Wildman–Crippen MR) is 86.6 cm³/mol. The summed E-state index contributed by atoms with van der Waals surface area (Å²) in [5.74, 6) is -0.519. The smallest absolute Gasteiger partial charge is 0.232 e. The maximum absolute atomic E-state index is 12.7. The Hall–Kier alpha value is -1.60. The van der Waals surface area contributed by atoms with Gasteiger partial charge in [0.05, 0.1) is 24.4 Å². The molecule has 1 aromatic carbocycles. The van der Waals surface area contributed by atoms with Gasteiger partial charge in [0.25, 0.3) is 0 Å². The van der Waals surface area contributed by atoms with Crippen molar-refractivity contribution in [3.05, 3.63) is 29.8 Å². The van der Waals surface area contributed by atoms with E-state index in [0.717, 1.165) is 5.56 Å². The summed E-state index contributed by atoms with van der Waals surface area (Å²) in [5.41, 5.74) is 0.810. The second kappa shape index (κ2) is 6.13. The van der Waals surface area contributed by atoms with Crippen LogP contribution in [0.3, 0.4) is 0 Å². The molecule has 1 saturated heterocycles. The zero-order valence-electron chi connectivity index (χ0n) is 13.8. The van der Waals surface area contributed by atoms with Gasteiger partial charge in [-0.3, -0.25) is 4.79 Å². The van der Waals surface area contributed by atoms with Crippen molar-refractivity contribution in [1.29, 1.82) is 0 Å². The van der Waals surface area contributed by atoms with Gasteiger partial charge in [-0.1, -0.05) is 12.1 Å². The molecule has 0 aromatic heterocycles. The minimum Gasteiger partial charge on any atom is -0.497 e. The first-order valence-electron chi connectivity index (χ1n) is 7.41. The van der Waals surface area contributed by atoms with E-state index in [-0.39, 0.29) is 12.5 Å². The van der Waals surface area contributed by atoms with E-state index in [1.54, 1.807) is 52.1 Å². The third kappa shape index (κ3) is 3.07. The van der Waals surface area contributed by atoms with Gasteiger partial charge in [0.15, 0.2) is 9.84 Å². The van der Waals surface area contributed by atoms with Crippen LogP contribution in [0, 0.1) is 5.92 Å². The third-order valence-corrected chi connectivity index (χ3v) is 7.06. The lowest BCUT2D eigenvalue weighted by Gasteiger charge is -2.47. The molecule has 0 bridgehead atoms. The highest BCUT2D eigenvalue weighted by Gasteiger charge is 2.56. The molecule has 128 valence electrons. The van der Waals surface area contributed by atoms with Crippen LogP contribution in [0.1, 0.15) is 26.3 Å². The Labute approximate surface area is 137 Å². The summed E-state index contributed by atoms with van der Waals surface area (Å²) in [6, 6.07) is 7.10. The number of hydrogen-bond acceptors (Lipinski definition) is 5. The molecule has 7 heteroatoms. The number of aliphatic hydroxyl groups is 1. The molecule has 2 atom stereocenters. The van der Waals surface area contributed by atoms with E-state index < -0.39 is 32.5 Å². The van der Waals surface area contributed by atoms with Crippen LogP contribution in [0.25, 0.3) is 0 Å². The third-order valence-electron chi connectivity index (χ3n) is 4.13. The van der Waals surface area contributed by atoms with Crippen LogP contribution in [-0.4, -0.2) is 48.2 Å². The van der Waals surface area contributed by atoms with Crippen molar-refractivity contribution in [2.45, 2.75) is 37.4 Å². The van der Waals surface area contributed by atoms with E-state index in [1.807, 2.05) is 0 Å². The number of hydrogen-bond donors (Lipinski definition) is 1. The van der Waals surface area contributed by atoms with Crippen LogP contribution >= 0.6 is 0 Å². The molecule has 1 heterocycles. The van der Waals surface area contributed by atoms with Crippen LogP contribution in [-0.2, 0) is 21.2 Å². The van der Waals surface area contributed by atoms with Crippen molar-refractivity contribution in [2.75, 3.05) is 13.7 Å². The molecular weight excluding hydrogens is 318 g/mol. The molecule has 1 aliphatic rings. The average molecular weight is 341 g/mol. The quantitative estimate of drug-likeness (QED) is 0.813. The standard InChI is InChI=1S/C16H23NO5S/c1-16(2,3)23(20,21)15-13(10-18)14(19)17(15)9-11-5-7-12(22-4)8-6-11/h5-8,13,15,18H,9-10H2,1-4H3. The summed E-state index contributed by atoms with van der Waals surface area (Å²) in [6.45, 7) is 4.54. The number of rotatable bonds is 5. The van der Waals surface area contributed by atoms with Crippen LogP contribution in [0.5, 0.6) is 5.75 Å². The van der Waals surface area contributed by atoms with Gasteiger partial charge in [0.2, 0.25) is 5.91 Å². The minimum atomic E-state index is -3.60. The summed E-state index contributed by atoms with van der Waals surface area (Å²) >= 11 is 0. The Morgan fingerprint density at radius 2 is 1.78 bits per heavy atom. The summed E-state index contributed by atoms with van der Waals surface area (Å²) in [6.07, 6.45) is 0. The number of aliphatic hydroxyl groups excluding tert-OH is 1. The Kier molecular flexibility index (Phi) is 4.73. The second-order valence-corrected chi connectivity index (χ2v) is 9.45. The van der Waals surface area contributed by atoms with Crippen molar-refractivity contribution in [2.24, 2.45) is 5.92 Å². The highest BCUT2D eigenvalue weighted by molar-refractivity contribution is 7.93. The highest BCUT2D eigenvalue weighted by Crippen LogP contribution is 2.37. The highest BCUT2D eigenvalue weighted by atomic mass is 32.2. The van der Waals surface area contributed by atoms with E-state index in [1.165, 1.54) is 4.90 Å². The largest absolute Gasteiger partial charge is 0.497 e. The van der Waals surface area contributed by atoms with Gasteiger partial charge in [-0.2, -0.15) is 0 Å². The Bertz CT molecular complexity index is 675. The van der Waals surface area contributed by atoms with E-state index in [9.17, 15) is 18.3 Å². The zero-order valence-corrected chi connectivity index (χ0v) is 14.6. The van der Waals surface area contributed by atoms with Gasteiger partial charge in [0.1, 0.15) is 11.1 Å². The molecular formula is C16H23NO5S. The van der Waals surface area contributed by atoms with Crippen molar-refractivity contribution in [1.82, 2.24) is 4.90 Å². The van der Waals surface area contributed by atoms with E-state index in [2.05, 4.69) is 0 Å². The molecule has 6 nitrogen and oxygen atoms in total. The molecule has 1 aromatic rings. The van der Waals surface area contributed by atoms with Gasteiger partial charge < -0.3 is 14.7 Å². The Balaban J connectivity index is 2.27. The fraction of sp³-hybridized carbons (Fsp3) is 0.562. The number of sulfone groups is 1. The molecule has 1 aliphatic heterocycles. The fourth-order valence-electron chi connectivity index (χ4n) is 2.61. The predicted octanol–water partition coefficient (Wildman–Crippen LogP) is 1.19. The number of methoxy groups -OCH3 is 1. The number of likely N-dealkylation sites (tertiary alicyclic amines) is 1. The number of carbonyl (C=O) groups excluding carboxylic acids is 1. The van der Waals surface area contributed by atoms with Crippen molar-refractivity contribution in [3.8, 4) is 5.75 Å². The number of amides is 1. The zero-order chi connectivity index (χ0) is 17.4. The SMILES string of the molecule is COc1ccc(CN2C(=O)C(CO)C2S(=O)(=O)C(C)(C)C)cc1. The van der Waals surface area contributed by atoms with E-state index in [0.29, 0.717) is 5.75 Å². The summed E-state index contributed by atoms with van der Waals surface area (Å²) in [7, 11) is -2.03. The van der Waals surface area contributed by atoms with E-state index >= 15 is 0 Å². The van der Waals surface area contributed by atoms with Crippen molar-refractivity contribution in [3.63, 3.8) is 0 Å². The van der Waals surface area contributed by atoms with Crippen LogP contribution < -0.4 is 4.74 Å². The summed E-state index contributed by atoms with van der Waals surface area (Å²) in [4.78, 5) is 13.5. The molecule has 1 N–H and O–H groups in total. The first-order chi connectivity index (χ1) is 10.6. The number of ether oxygens (including phenoxy) is 1. The fourth-order valence-corrected chi connectivity index (χ4v) is 4.48. The monoisotopic (exact) mass is 341 g/mol. The van der Waals surface area contributed by atoms with Gasteiger partial charge in [-0.25, -0.2) is 8.42 Å². The maximum Gasteiger partial charge on any atom is 0.232 e. The second-order valence-electron chi connectivity index (χ2n) is 6.65. The number of nitrogens with zero attached hydrogens (tertiary/aromatic N) is 1. The van der Waals surface area contributed by atoms with Crippen LogP contribution in [0.4, 0.5) is 0 Å². The molecule has 0 spiro atoms. The Morgan fingerprint density at radius 1 is 1.22 bits per heavy atom. The molecule has 0 aliphatic carbocycles. The maximum atomic E-state index is 12.7. The van der Waals surface area contributed by atoms with Gasteiger partial charge in [-0.15, -0.1) is 0 Å². The minimum absolute atomic E-state index is 0.194. The molecule has 23 heavy (non-hydrogen) atoms. The molecule has 0 saturated carbocycles. The number of β-lactam (4-membered cyclic amide) rings is 1.